The van der Waals surface area contributed by atoms with Crippen LogP contribution in [0.4, 0.5) is 4.79 Å². The fraction of sp³-hybridized carbons (Fsp3) is 0.400. The van der Waals surface area contributed by atoms with Gasteiger partial charge in [0.1, 0.15) is 17.8 Å². The van der Waals surface area contributed by atoms with Gasteiger partial charge in [-0.05, 0) is 37.5 Å². The largest absolute Gasteiger partial charge is 0.497 e. The van der Waals surface area contributed by atoms with Crippen LogP contribution in [0.1, 0.15) is 25.3 Å². The van der Waals surface area contributed by atoms with E-state index >= 15 is 0 Å². The molecule has 29 heavy (non-hydrogen) atoms. The minimum atomic E-state index is -1.21. The number of amides is 4. The number of carbonyl (C=O) groups is 3. The van der Waals surface area contributed by atoms with Crippen molar-refractivity contribution in [2.45, 2.75) is 31.8 Å². The van der Waals surface area contributed by atoms with Crippen LogP contribution >= 0.6 is 0 Å². The van der Waals surface area contributed by atoms with Crippen LogP contribution in [0.5, 0.6) is 5.75 Å². The van der Waals surface area contributed by atoms with Gasteiger partial charge in [0.05, 0.1) is 13.4 Å². The number of carbonyl (C=O) groups excluding carboxylic acids is 3. The van der Waals surface area contributed by atoms with Gasteiger partial charge in [-0.2, -0.15) is 0 Å². The molecule has 9 nitrogen and oxygen atoms in total. The lowest BCUT2D eigenvalue weighted by Crippen LogP contribution is -2.43. The second-order valence-electron chi connectivity index (χ2n) is 7.03. The predicted molar refractivity (Wildman–Crippen MR) is 105 cm³/mol. The number of aromatic nitrogens is 2. The normalized spacial score (nSPS) is 18.6. The van der Waals surface area contributed by atoms with Crippen LogP contribution in [0, 0.1) is 0 Å². The van der Waals surface area contributed by atoms with Gasteiger partial charge < -0.3 is 19.9 Å². The van der Waals surface area contributed by atoms with Crippen molar-refractivity contribution in [1.29, 1.82) is 0 Å². The summed E-state index contributed by atoms with van der Waals surface area (Å²) in [6, 6.07) is 6.31. The lowest BCUT2D eigenvalue weighted by molar-refractivity contribution is -0.134. The van der Waals surface area contributed by atoms with Gasteiger partial charge in [-0.3, -0.25) is 14.5 Å². The maximum atomic E-state index is 12.9. The van der Waals surface area contributed by atoms with Crippen LogP contribution in [-0.2, 0) is 21.7 Å². The molecule has 1 atom stereocenters. The van der Waals surface area contributed by atoms with E-state index < -0.39 is 17.5 Å². The molecule has 1 aliphatic heterocycles. The summed E-state index contributed by atoms with van der Waals surface area (Å²) in [6.45, 7) is 2.62. The van der Waals surface area contributed by atoms with Crippen LogP contribution in [0.3, 0.4) is 0 Å². The van der Waals surface area contributed by atoms with Gasteiger partial charge >= 0.3 is 6.03 Å². The molecule has 154 valence electrons. The van der Waals surface area contributed by atoms with Crippen molar-refractivity contribution in [3.8, 4) is 5.75 Å². The maximum absolute atomic E-state index is 12.9. The van der Waals surface area contributed by atoms with E-state index in [4.69, 9.17) is 4.74 Å². The van der Waals surface area contributed by atoms with Gasteiger partial charge in [0.15, 0.2) is 0 Å². The van der Waals surface area contributed by atoms with Crippen molar-refractivity contribution < 1.29 is 19.1 Å². The number of nitrogens with one attached hydrogen (secondary N) is 2. The van der Waals surface area contributed by atoms with E-state index in [1.807, 2.05) is 10.8 Å². The number of nitrogens with zero attached hydrogens (tertiary/aromatic N) is 3. The second kappa shape index (κ2) is 8.76. The Balaban J connectivity index is 1.50. The van der Waals surface area contributed by atoms with Crippen molar-refractivity contribution in [2.24, 2.45) is 0 Å². The summed E-state index contributed by atoms with van der Waals surface area (Å²) >= 11 is 0. The molecule has 1 unspecified atom stereocenters. The van der Waals surface area contributed by atoms with Gasteiger partial charge in [0, 0.05) is 25.5 Å². The minimum Gasteiger partial charge on any atom is -0.497 e. The molecule has 2 N–H and O–H groups in total. The summed E-state index contributed by atoms with van der Waals surface area (Å²) in [6.07, 6.45) is 7.02. The first-order valence-electron chi connectivity index (χ1n) is 9.45. The standard InChI is InChI=1S/C20H25N5O4/c1-20(15-5-7-16(29-2)8-6-15)18(27)25(19(28)23-20)13-17(26)22-9-3-4-11-24-12-10-21-14-24/h5-8,10,12,14H,3-4,9,11,13H2,1-2H3,(H,22,26)(H,23,28). The van der Waals surface area contributed by atoms with E-state index in [9.17, 15) is 14.4 Å². The van der Waals surface area contributed by atoms with Crippen LogP contribution in [0.2, 0.25) is 0 Å². The van der Waals surface area contributed by atoms with Gasteiger partial charge in [-0.1, -0.05) is 12.1 Å². The Kier molecular flexibility index (Phi) is 6.16. The number of benzene rings is 1. The van der Waals surface area contributed by atoms with Gasteiger partial charge in [-0.15, -0.1) is 0 Å². The van der Waals surface area contributed by atoms with Gasteiger partial charge in [0.2, 0.25) is 5.91 Å². The highest BCUT2D eigenvalue weighted by Gasteiger charge is 2.49. The lowest BCUT2D eigenvalue weighted by Gasteiger charge is -2.22. The molecule has 0 spiro atoms. The zero-order valence-corrected chi connectivity index (χ0v) is 16.6. The number of urea groups is 1. The molecule has 2 aromatic rings. The summed E-state index contributed by atoms with van der Waals surface area (Å²) in [7, 11) is 1.55. The Morgan fingerprint density at radius 1 is 1.24 bits per heavy atom. The van der Waals surface area contributed by atoms with E-state index in [2.05, 4.69) is 15.6 Å². The third kappa shape index (κ3) is 4.56. The highest BCUT2D eigenvalue weighted by molar-refractivity contribution is 6.09. The van der Waals surface area contributed by atoms with E-state index in [-0.39, 0.29) is 12.5 Å². The Morgan fingerprint density at radius 3 is 2.66 bits per heavy atom. The Bertz CT molecular complexity index is 866. The number of unbranched alkanes of at least 4 members (excludes halogenated alkanes) is 1. The molecule has 1 fully saturated rings. The summed E-state index contributed by atoms with van der Waals surface area (Å²) in [5, 5.41) is 5.45. The molecule has 4 amide bonds. The summed E-state index contributed by atoms with van der Waals surface area (Å²) in [4.78, 5) is 42.3. The molecule has 3 rings (SSSR count). The SMILES string of the molecule is COc1ccc(C2(C)NC(=O)N(CC(=O)NCCCCn3ccnc3)C2=O)cc1. The zero-order valence-electron chi connectivity index (χ0n) is 16.6. The Morgan fingerprint density at radius 2 is 2.00 bits per heavy atom. The highest BCUT2D eigenvalue weighted by Crippen LogP contribution is 2.29. The molecule has 0 bridgehead atoms. The van der Waals surface area contributed by atoms with Gasteiger partial charge in [0.25, 0.3) is 5.91 Å². The predicted octanol–water partition coefficient (Wildman–Crippen LogP) is 1.26. The molecule has 2 heterocycles. The highest BCUT2D eigenvalue weighted by atomic mass is 16.5. The molecule has 1 aromatic heterocycles. The van der Waals surface area contributed by atoms with Crippen molar-refractivity contribution in [3.05, 3.63) is 48.5 Å². The molecule has 0 saturated carbocycles. The third-order valence-corrected chi connectivity index (χ3v) is 4.97. The number of ether oxygens (including phenoxy) is 1. The summed E-state index contributed by atoms with van der Waals surface area (Å²) in [5.41, 5.74) is -0.590. The van der Waals surface area contributed by atoms with Crippen molar-refractivity contribution >= 4 is 17.8 Å². The van der Waals surface area contributed by atoms with Crippen molar-refractivity contribution in [1.82, 2.24) is 25.1 Å². The van der Waals surface area contributed by atoms with Crippen molar-refractivity contribution in [2.75, 3.05) is 20.2 Å². The van der Waals surface area contributed by atoms with Crippen LogP contribution in [-0.4, -0.2) is 52.5 Å². The first-order chi connectivity index (χ1) is 13.9. The smallest absolute Gasteiger partial charge is 0.325 e. The van der Waals surface area contributed by atoms with E-state index in [0.29, 0.717) is 17.9 Å². The molecule has 1 aliphatic rings. The fourth-order valence-electron chi connectivity index (χ4n) is 3.23. The number of hydrogen-bond donors (Lipinski definition) is 2. The van der Waals surface area contributed by atoms with Crippen LogP contribution < -0.4 is 15.4 Å². The number of rotatable bonds is 9. The average molecular weight is 399 g/mol. The maximum Gasteiger partial charge on any atom is 0.325 e. The first kappa shape index (κ1) is 20.4. The van der Waals surface area contributed by atoms with Gasteiger partial charge in [-0.25, -0.2) is 9.78 Å². The zero-order chi connectivity index (χ0) is 20.9. The molecule has 0 radical (unpaired) electrons. The molecule has 1 aromatic carbocycles. The lowest BCUT2D eigenvalue weighted by atomic mass is 9.92. The molecular weight excluding hydrogens is 374 g/mol. The number of aryl methyl sites for hydroxylation is 1. The average Bonchev–Trinajstić information content (AvgIpc) is 3.31. The number of imide groups is 1. The van der Waals surface area contributed by atoms with E-state index in [1.54, 1.807) is 50.8 Å². The monoisotopic (exact) mass is 399 g/mol. The topological polar surface area (TPSA) is 106 Å². The number of hydrogen-bond acceptors (Lipinski definition) is 5. The number of methoxy groups -OCH3 is 1. The second-order valence-corrected chi connectivity index (χ2v) is 7.03. The van der Waals surface area contributed by atoms with Crippen LogP contribution in [0.15, 0.2) is 43.0 Å². The van der Waals surface area contributed by atoms with Crippen LogP contribution in [0.25, 0.3) is 0 Å². The van der Waals surface area contributed by atoms with Crippen molar-refractivity contribution in [3.63, 3.8) is 0 Å². The molecular formula is C20H25N5O4. The van der Waals surface area contributed by atoms with E-state index in [1.165, 1.54) is 0 Å². The molecule has 0 aliphatic carbocycles. The first-order valence-corrected chi connectivity index (χ1v) is 9.45. The minimum absolute atomic E-state index is 0.308. The fourth-order valence-corrected chi connectivity index (χ4v) is 3.23. The summed E-state index contributed by atoms with van der Waals surface area (Å²) in [5.74, 6) is -0.170. The quantitative estimate of drug-likeness (QED) is 0.488. The Labute approximate surface area is 169 Å². The van der Waals surface area contributed by atoms with E-state index in [0.717, 1.165) is 24.3 Å². The number of imidazole rings is 1. The Hall–Kier alpha value is -3.36. The third-order valence-electron chi connectivity index (χ3n) is 4.97. The molecule has 1 saturated heterocycles. The summed E-state index contributed by atoms with van der Waals surface area (Å²) < 4.78 is 7.09. The molecule has 9 heteroatoms.